The van der Waals surface area contributed by atoms with E-state index in [2.05, 4.69) is 13.2 Å². The molecule has 0 aromatic carbocycles. The van der Waals surface area contributed by atoms with Crippen LogP contribution in [0.2, 0.25) is 0 Å². The first kappa shape index (κ1) is 26.8. The molecular formula is C14H32N4O2. The molecule has 1 rings (SSSR count). The molecule has 0 spiro atoms. The lowest BCUT2D eigenvalue weighted by Gasteiger charge is -2.05. The summed E-state index contributed by atoms with van der Waals surface area (Å²) >= 11 is 0. The van der Waals surface area contributed by atoms with Gasteiger partial charge in [-0.1, -0.05) is 51.7 Å². The van der Waals surface area contributed by atoms with Gasteiger partial charge in [-0.05, 0) is 13.8 Å². The molecule has 0 bridgehead atoms. The average molecular weight is 288 g/mol. The summed E-state index contributed by atoms with van der Waals surface area (Å²) in [5.41, 5.74) is 10.2. The van der Waals surface area contributed by atoms with Crippen LogP contribution < -0.4 is 23.8 Å². The van der Waals surface area contributed by atoms with Crippen molar-refractivity contribution in [2.24, 2.45) is 11.5 Å². The van der Waals surface area contributed by atoms with Gasteiger partial charge in [-0.15, -0.1) is 0 Å². The average Bonchev–Trinajstić information content (AvgIpc) is 2.32. The fourth-order valence-electron chi connectivity index (χ4n) is 1.06. The maximum atomic E-state index is 9.82. The van der Waals surface area contributed by atoms with Gasteiger partial charge in [0.1, 0.15) is 0 Å². The third kappa shape index (κ3) is 25.3. The molecule has 20 heavy (non-hydrogen) atoms. The molecule has 10 N–H and O–H groups in total. The highest BCUT2D eigenvalue weighted by Crippen LogP contribution is 2.15. The Balaban J connectivity index is -0.0000000914. The van der Waals surface area contributed by atoms with E-state index in [1.54, 1.807) is 13.8 Å². The summed E-state index contributed by atoms with van der Waals surface area (Å²) in [5.74, 6) is -0.870. The van der Waals surface area contributed by atoms with Crippen LogP contribution in [0.4, 0.5) is 0 Å². The molecule has 1 aliphatic carbocycles. The molecule has 0 unspecified atom stereocenters. The highest BCUT2D eigenvalue weighted by molar-refractivity contribution is 5.90. The molecule has 0 aromatic heterocycles. The Morgan fingerprint density at radius 1 is 0.700 bits per heavy atom. The number of carbonyl (C=O) groups is 2. The van der Waals surface area contributed by atoms with Crippen LogP contribution in [0, 0.1) is 0 Å². The second-order valence-corrected chi connectivity index (χ2v) is 4.41. The van der Waals surface area contributed by atoms with Crippen LogP contribution >= 0.6 is 0 Å². The second kappa shape index (κ2) is 17.3. The molecule has 6 heteroatoms. The molecule has 2 amide bonds. The summed E-state index contributed by atoms with van der Waals surface area (Å²) in [7, 11) is 0. The Morgan fingerprint density at radius 3 is 0.850 bits per heavy atom. The van der Waals surface area contributed by atoms with Crippen molar-refractivity contribution >= 4 is 11.8 Å². The largest absolute Gasteiger partial charge is 0.366 e. The minimum atomic E-state index is -0.435. The monoisotopic (exact) mass is 288 g/mol. The number of hydrogen-bond acceptors (Lipinski definition) is 4. The van der Waals surface area contributed by atoms with Gasteiger partial charge in [0.25, 0.3) is 0 Å². The fourth-order valence-corrected chi connectivity index (χ4v) is 1.06. The number of nitrogens with two attached hydrogens (primary N) is 2. The van der Waals surface area contributed by atoms with Crippen molar-refractivity contribution in [3.63, 3.8) is 0 Å². The highest BCUT2D eigenvalue weighted by atomic mass is 16.1. The van der Waals surface area contributed by atoms with Gasteiger partial charge in [-0.25, -0.2) is 0 Å². The van der Waals surface area contributed by atoms with Gasteiger partial charge in [0, 0.05) is 11.1 Å². The van der Waals surface area contributed by atoms with Gasteiger partial charge >= 0.3 is 0 Å². The molecular weight excluding hydrogens is 256 g/mol. The van der Waals surface area contributed by atoms with Crippen molar-refractivity contribution in [1.29, 1.82) is 0 Å². The zero-order chi connectivity index (χ0) is 14.6. The Labute approximate surface area is 122 Å². The quantitative estimate of drug-likeness (QED) is 0.576. The van der Waals surface area contributed by atoms with Crippen molar-refractivity contribution in [3.05, 3.63) is 24.3 Å². The zero-order valence-corrected chi connectivity index (χ0v) is 13.0. The predicted octanol–water partition coefficient (Wildman–Crippen LogP) is 2.76. The molecule has 0 radical (unpaired) electrons. The van der Waals surface area contributed by atoms with E-state index in [0.717, 1.165) is 0 Å². The van der Waals surface area contributed by atoms with E-state index >= 15 is 0 Å². The first-order valence-electron chi connectivity index (χ1n) is 6.19. The van der Waals surface area contributed by atoms with Gasteiger partial charge in [0.05, 0.1) is 0 Å². The van der Waals surface area contributed by atoms with E-state index in [-0.39, 0.29) is 12.3 Å². The van der Waals surface area contributed by atoms with Gasteiger partial charge < -0.3 is 23.8 Å². The van der Waals surface area contributed by atoms with Crippen LogP contribution in [0.25, 0.3) is 0 Å². The normalized spacial score (nSPS) is 11.7. The van der Waals surface area contributed by atoms with Gasteiger partial charge in [0.15, 0.2) is 0 Å². The minimum absolute atomic E-state index is 0. The van der Waals surface area contributed by atoms with E-state index < -0.39 is 11.8 Å². The van der Waals surface area contributed by atoms with E-state index in [1.807, 2.05) is 0 Å². The van der Waals surface area contributed by atoms with Crippen LogP contribution in [-0.2, 0) is 9.59 Å². The standard InChI is InChI=1S/C6H12.2C4H7NO.2H3N/c1-2-4-6-5-3-1;2*1-3(2)4(5)6;;/h1-6H2;2*1H2,2H3,(H2,5,6);2*1H3. The summed E-state index contributed by atoms with van der Waals surface area (Å²) in [5, 5.41) is 0. The molecule has 6 nitrogen and oxygen atoms in total. The summed E-state index contributed by atoms with van der Waals surface area (Å²) in [6.45, 7) is 9.70. The maximum Gasteiger partial charge on any atom is 0.243 e. The molecule has 0 aliphatic heterocycles. The number of carbonyl (C=O) groups excluding carboxylic acids is 2. The van der Waals surface area contributed by atoms with Gasteiger partial charge in [-0.3, -0.25) is 9.59 Å². The number of hydrogen-bond donors (Lipinski definition) is 4. The molecule has 0 atom stereocenters. The van der Waals surface area contributed by atoms with Crippen molar-refractivity contribution in [3.8, 4) is 0 Å². The molecule has 1 saturated carbocycles. The Kier molecular flexibility index (Phi) is 23.2. The van der Waals surface area contributed by atoms with Crippen molar-refractivity contribution in [1.82, 2.24) is 12.3 Å². The van der Waals surface area contributed by atoms with Crippen molar-refractivity contribution < 1.29 is 9.59 Å². The van der Waals surface area contributed by atoms with E-state index in [9.17, 15) is 9.59 Å². The van der Waals surface area contributed by atoms with E-state index in [4.69, 9.17) is 11.5 Å². The van der Waals surface area contributed by atoms with Gasteiger partial charge in [0.2, 0.25) is 11.8 Å². The lowest BCUT2D eigenvalue weighted by molar-refractivity contribution is -0.115. The number of primary amides is 2. The van der Waals surface area contributed by atoms with Crippen LogP contribution in [0.15, 0.2) is 24.3 Å². The van der Waals surface area contributed by atoms with Crippen LogP contribution in [-0.4, -0.2) is 11.8 Å². The Bertz CT molecular complexity index is 238. The Morgan fingerprint density at radius 2 is 0.800 bits per heavy atom. The first-order valence-corrected chi connectivity index (χ1v) is 6.19. The molecule has 0 saturated heterocycles. The third-order valence-electron chi connectivity index (χ3n) is 2.34. The summed E-state index contributed by atoms with van der Waals surface area (Å²) in [6, 6.07) is 0. The molecule has 120 valence electrons. The van der Waals surface area contributed by atoms with Crippen LogP contribution in [0.3, 0.4) is 0 Å². The first-order chi connectivity index (χ1) is 8.29. The summed E-state index contributed by atoms with van der Waals surface area (Å²) in [4.78, 5) is 19.6. The Hall–Kier alpha value is -1.66. The maximum absolute atomic E-state index is 9.82. The predicted molar refractivity (Wildman–Crippen MR) is 85.8 cm³/mol. The molecule has 1 fully saturated rings. The fraction of sp³-hybridized carbons (Fsp3) is 0.571. The van der Waals surface area contributed by atoms with Crippen LogP contribution in [0.5, 0.6) is 0 Å². The molecule has 0 heterocycles. The molecule has 1 aliphatic rings. The lowest BCUT2D eigenvalue weighted by atomic mass is 10.0. The third-order valence-corrected chi connectivity index (χ3v) is 2.34. The van der Waals surface area contributed by atoms with Gasteiger partial charge in [-0.2, -0.15) is 0 Å². The number of rotatable bonds is 2. The lowest BCUT2D eigenvalue weighted by Crippen LogP contribution is -2.10. The molecule has 0 aromatic rings. The van der Waals surface area contributed by atoms with Crippen molar-refractivity contribution in [2.45, 2.75) is 52.4 Å². The number of amides is 2. The minimum Gasteiger partial charge on any atom is -0.366 e. The van der Waals surface area contributed by atoms with E-state index in [0.29, 0.717) is 11.1 Å². The topological polar surface area (TPSA) is 156 Å². The van der Waals surface area contributed by atoms with E-state index in [1.165, 1.54) is 38.5 Å². The smallest absolute Gasteiger partial charge is 0.243 e. The summed E-state index contributed by atoms with van der Waals surface area (Å²) < 4.78 is 0. The SMILES string of the molecule is C1CCCCC1.C=C(C)C(N)=O.C=C(C)C(N)=O.N.N. The zero-order valence-electron chi connectivity index (χ0n) is 13.0. The van der Waals surface area contributed by atoms with Crippen molar-refractivity contribution in [2.75, 3.05) is 0 Å². The summed E-state index contributed by atoms with van der Waals surface area (Å²) in [6.07, 6.45) is 9.00. The highest BCUT2D eigenvalue weighted by Gasteiger charge is 1.95. The van der Waals surface area contributed by atoms with Crippen LogP contribution in [0.1, 0.15) is 52.4 Å². The second-order valence-electron chi connectivity index (χ2n) is 4.41.